The zero-order valence-electron chi connectivity index (χ0n) is 15.0. The first-order valence-electron chi connectivity index (χ1n) is 8.85. The number of piperazine rings is 1. The third-order valence-electron chi connectivity index (χ3n) is 5.14. The smallest absolute Gasteiger partial charge is 0.219 e. The first kappa shape index (κ1) is 17.2. The van der Waals surface area contributed by atoms with Crippen molar-refractivity contribution in [3.05, 3.63) is 24.2 Å². The quantitative estimate of drug-likeness (QED) is 0.829. The van der Waals surface area contributed by atoms with Crippen molar-refractivity contribution in [2.75, 3.05) is 31.1 Å². The summed E-state index contributed by atoms with van der Waals surface area (Å²) in [4.78, 5) is 21.4. The van der Waals surface area contributed by atoms with Gasteiger partial charge in [0.2, 0.25) is 5.91 Å². The Morgan fingerprint density at radius 3 is 2.69 bits per heavy atom. The predicted octanol–water partition coefficient (Wildman–Crippen LogP) is 1.96. The molecular weight excluding hydrogens is 348 g/mol. The summed E-state index contributed by atoms with van der Waals surface area (Å²) in [5.41, 5.74) is 2.73. The van der Waals surface area contributed by atoms with Gasteiger partial charge in [-0.15, -0.1) is 0 Å². The summed E-state index contributed by atoms with van der Waals surface area (Å²) in [5, 5.41) is 9.26. The molecular formula is C18H22N6OS. The molecule has 1 N–H and O–H groups in total. The largest absolute Gasteiger partial charge is 0.365 e. The fraction of sp³-hybridized carbons (Fsp3) is 0.500. The summed E-state index contributed by atoms with van der Waals surface area (Å²) in [6.07, 6.45) is 5.76. The lowest BCUT2D eigenvalue weighted by Crippen LogP contribution is -2.48. The zero-order chi connectivity index (χ0) is 18.3. The number of hydrogen-bond acceptors (Lipinski definition) is 6. The van der Waals surface area contributed by atoms with Crippen LogP contribution in [-0.2, 0) is 4.79 Å². The highest BCUT2D eigenvalue weighted by molar-refractivity contribution is 7.97. The van der Waals surface area contributed by atoms with E-state index in [2.05, 4.69) is 37.3 Å². The Hall–Kier alpha value is -2.24. The third-order valence-corrected chi connectivity index (χ3v) is 6.09. The monoisotopic (exact) mass is 370 g/mol. The van der Waals surface area contributed by atoms with Crippen LogP contribution in [0.5, 0.6) is 0 Å². The van der Waals surface area contributed by atoms with E-state index < -0.39 is 0 Å². The van der Waals surface area contributed by atoms with Crippen LogP contribution >= 0.6 is 11.9 Å². The molecule has 2 aromatic heterocycles. The Bertz CT molecular complexity index is 889. The number of rotatable bonds is 4. The highest BCUT2D eigenvalue weighted by atomic mass is 32.2. The number of fused-ring (bicyclic) bond motifs is 1. The Morgan fingerprint density at radius 2 is 2.08 bits per heavy atom. The molecule has 0 radical (unpaired) electrons. The molecule has 0 spiro atoms. The molecule has 1 aliphatic heterocycles. The van der Waals surface area contributed by atoms with Gasteiger partial charge in [-0.25, -0.2) is 9.71 Å². The van der Waals surface area contributed by atoms with Crippen LogP contribution in [0.4, 0.5) is 5.69 Å². The van der Waals surface area contributed by atoms with Crippen LogP contribution in [0.15, 0.2) is 23.4 Å². The molecule has 0 bridgehead atoms. The number of imidazole rings is 1. The number of anilines is 1. The van der Waals surface area contributed by atoms with Crippen LogP contribution < -0.4 is 9.62 Å². The minimum absolute atomic E-state index is 0.131. The van der Waals surface area contributed by atoms with Crippen LogP contribution in [-0.4, -0.2) is 51.9 Å². The second-order valence-electron chi connectivity index (χ2n) is 7.05. The van der Waals surface area contributed by atoms with Crippen molar-refractivity contribution < 1.29 is 4.79 Å². The molecule has 0 unspecified atom stereocenters. The predicted molar refractivity (Wildman–Crippen MR) is 101 cm³/mol. The van der Waals surface area contributed by atoms with Crippen molar-refractivity contribution >= 4 is 29.2 Å². The molecule has 2 aromatic rings. The van der Waals surface area contributed by atoms with Gasteiger partial charge in [-0.3, -0.25) is 4.79 Å². The Balaban J connectivity index is 1.61. The average molecular weight is 370 g/mol. The van der Waals surface area contributed by atoms with Crippen molar-refractivity contribution in [1.29, 1.82) is 5.26 Å². The Kier molecular flexibility index (Phi) is 4.29. The van der Waals surface area contributed by atoms with E-state index in [-0.39, 0.29) is 11.4 Å². The molecule has 1 aliphatic carbocycles. The maximum absolute atomic E-state index is 11.6. The van der Waals surface area contributed by atoms with Crippen molar-refractivity contribution in [2.45, 2.75) is 37.1 Å². The van der Waals surface area contributed by atoms with Gasteiger partial charge in [-0.1, -0.05) is 0 Å². The molecule has 26 heavy (non-hydrogen) atoms. The number of nitrogens with zero attached hydrogens (tertiary/aromatic N) is 5. The summed E-state index contributed by atoms with van der Waals surface area (Å²) in [6.45, 7) is 6.72. The van der Waals surface area contributed by atoms with E-state index >= 15 is 0 Å². The topological polar surface area (TPSA) is 76.7 Å². The lowest BCUT2D eigenvalue weighted by Gasteiger charge is -2.35. The van der Waals surface area contributed by atoms with Gasteiger partial charge in [-0.05, 0) is 37.8 Å². The highest BCUT2D eigenvalue weighted by Gasteiger charge is 2.43. The number of carbonyl (C=O) groups excluding carboxylic acids is 1. The number of pyridine rings is 1. The van der Waals surface area contributed by atoms with E-state index in [0.717, 1.165) is 60.9 Å². The maximum atomic E-state index is 11.6. The SMILES string of the molecule is CC(=O)N1CCN(c2cc(SNC3(C#N)CC3)cn3c(C)cnc23)CC1. The maximum Gasteiger partial charge on any atom is 0.219 e. The molecule has 7 nitrogen and oxygen atoms in total. The molecule has 136 valence electrons. The molecule has 1 amide bonds. The number of amides is 1. The minimum atomic E-state index is -0.364. The van der Waals surface area contributed by atoms with Crippen LogP contribution in [0.3, 0.4) is 0 Å². The summed E-state index contributed by atoms with van der Waals surface area (Å²) < 4.78 is 5.41. The van der Waals surface area contributed by atoms with Crippen molar-refractivity contribution in [3.8, 4) is 6.07 Å². The van der Waals surface area contributed by atoms with Crippen LogP contribution in [0.25, 0.3) is 5.65 Å². The number of hydrogen-bond donors (Lipinski definition) is 1. The van der Waals surface area contributed by atoms with Gasteiger partial charge in [0.25, 0.3) is 0 Å². The van der Waals surface area contributed by atoms with Gasteiger partial charge >= 0.3 is 0 Å². The fourth-order valence-corrected chi connectivity index (χ4v) is 4.12. The first-order valence-corrected chi connectivity index (χ1v) is 9.66. The van der Waals surface area contributed by atoms with Crippen molar-refractivity contribution in [3.63, 3.8) is 0 Å². The van der Waals surface area contributed by atoms with Gasteiger partial charge in [0.15, 0.2) is 5.65 Å². The Labute approximate surface area is 157 Å². The van der Waals surface area contributed by atoms with Crippen LogP contribution in [0, 0.1) is 18.3 Å². The second kappa shape index (κ2) is 6.49. The second-order valence-corrected chi connectivity index (χ2v) is 7.93. The molecule has 1 saturated heterocycles. The van der Waals surface area contributed by atoms with Gasteiger partial charge in [0, 0.05) is 56.1 Å². The normalized spacial score (nSPS) is 18.8. The number of carbonyl (C=O) groups is 1. The lowest BCUT2D eigenvalue weighted by molar-refractivity contribution is -0.129. The molecule has 3 heterocycles. The lowest BCUT2D eigenvalue weighted by atomic mass is 10.2. The summed E-state index contributed by atoms with van der Waals surface area (Å²) in [7, 11) is 0. The molecule has 1 saturated carbocycles. The van der Waals surface area contributed by atoms with Crippen molar-refractivity contribution in [1.82, 2.24) is 19.0 Å². The number of nitrogens with one attached hydrogen (secondary N) is 1. The molecule has 0 aromatic carbocycles. The zero-order valence-corrected chi connectivity index (χ0v) is 15.8. The average Bonchev–Trinajstić information content (AvgIpc) is 3.36. The fourth-order valence-electron chi connectivity index (χ4n) is 3.23. The van der Waals surface area contributed by atoms with E-state index in [4.69, 9.17) is 0 Å². The third kappa shape index (κ3) is 3.13. The van der Waals surface area contributed by atoms with Crippen LogP contribution in [0.1, 0.15) is 25.5 Å². The van der Waals surface area contributed by atoms with Gasteiger partial charge in [0.1, 0.15) is 5.54 Å². The van der Waals surface area contributed by atoms with Gasteiger partial charge in [-0.2, -0.15) is 5.26 Å². The van der Waals surface area contributed by atoms with E-state index in [9.17, 15) is 10.1 Å². The minimum Gasteiger partial charge on any atom is -0.365 e. The molecule has 2 fully saturated rings. The number of nitriles is 1. The number of aromatic nitrogens is 2. The van der Waals surface area contributed by atoms with E-state index in [1.54, 1.807) is 6.92 Å². The van der Waals surface area contributed by atoms with Gasteiger partial charge in [0.05, 0.1) is 11.8 Å². The molecule has 4 rings (SSSR count). The van der Waals surface area contributed by atoms with E-state index in [1.807, 2.05) is 18.0 Å². The molecule has 2 aliphatic rings. The highest BCUT2D eigenvalue weighted by Crippen LogP contribution is 2.38. The molecule has 8 heteroatoms. The molecule has 0 atom stereocenters. The van der Waals surface area contributed by atoms with Crippen molar-refractivity contribution in [2.24, 2.45) is 0 Å². The summed E-state index contributed by atoms with van der Waals surface area (Å²) in [6, 6.07) is 4.50. The Morgan fingerprint density at radius 1 is 1.35 bits per heavy atom. The summed E-state index contributed by atoms with van der Waals surface area (Å²) >= 11 is 1.51. The van der Waals surface area contributed by atoms with Crippen LogP contribution in [0.2, 0.25) is 0 Å². The van der Waals surface area contributed by atoms with E-state index in [0.29, 0.717) is 0 Å². The standard InChI is InChI=1S/C18H22N6OS/c1-13-10-20-17-16(23-7-5-22(6-8-23)14(2)25)9-15(11-24(13)17)26-21-18(12-19)3-4-18/h9-11,21H,3-8H2,1-2H3. The van der Waals surface area contributed by atoms with Gasteiger partial charge < -0.3 is 14.2 Å². The number of aryl methyl sites for hydroxylation is 1. The van der Waals surface area contributed by atoms with E-state index in [1.165, 1.54) is 11.9 Å². The first-order chi connectivity index (χ1) is 12.5. The summed E-state index contributed by atoms with van der Waals surface area (Å²) in [5.74, 6) is 0.131.